The Bertz CT molecular complexity index is 824. The van der Waals surface area contributed by atoms with Gasteiger partial charge in [-0.2, -0.15) is 5.26 Å². The van der Waals surface area contributed by atoms with Gasteiger partial charge in [0, 0.05) is 32.2 Å². The largest absolute Gasteiger partial charge is 0.342 e. The highest BCUT2D eigenvalue weighted by atomic mass is 16.2. The lowest BCUT2D eigenvalue weighted by Crippen LogP contribution is -2.48. The summed E-state index contributed by atoms with van der Waals surface area (Å²) in [5, 5.41) is 12.2. The van der Waals surface area contributed by atoms with Crippen LogP contribution in [0.4, 0.5) is 11.5 Å². The molecule has 2 aromatic rings. The third-order valence-corrected chi connectivity index (χ3v) is 3.95. The van der Waals surface area contributed by atoms with E-state index in [0.717, 1.165) is 6.41 Å². The van der Waals surface area contributed by atoms with E-state index in [1.54, 1.807) is 34.1 Å². The molecule has 0 bridgehead atoms. The fourth-order valence-corrected chi connectivity index (χ4v) is 2.56. The summed E-state index contributed by atoms with van der Waals surface area (Å²) in [6.07, 6.45) is 2.10. The number of hydrogen-bond donors (Lipinski definition) is 1. The Labute approximate surface area is 144 Å². The molecule has 1 saturated heterocycles. The lowest BCUT2D eigenvalue weighted by atomic mass is 10.2. The minimum absolute atomic E-state index is 0.204. The van der Waals surface area contributed by atoms with E-state index in [-0.39, 0.29) is 11.6 Å². The first-order chi connectivity index (χ1) is 12.2. The van der Waals surface area contributed by atoms with E-state index in [4.69, 9.17) is 5.26 Å². The Morgan fingerprint density at radius 1 is 1.20 bits per heavy atom. The van der Waals surface area contributed by atoms with Crippen molar-refractivity contribution in [3.05, 3.63) is 47.9 Å². The highest BCUT2D eigenvalue weighted by molar-refractivity contribution is 5.93. The van der Waals surface area contributed by atoms with Gasteiger partial charge in [-0.1, -0.05) is 12.1 Å². The molecule has 25 heavy (non-hydrogen) atoms. The number of para-hydroxylation sites is 1. The first kappa shape index (κ1) is 16.4. The van der Waals surface area contributed by atoms with Crippen LogP contribution in [0.1, 0.15) is 16.1 Å². The molecule has 0 spiro atoms. The molecule has 1 aliphatic rings. The lowest BCUT2D eigenvalue weighted by molar-refractivity contribution is -0.119. The second-order valence-electron chi connectivity index (χ2n) is 5.50. The van der Waals surface area contributed by atoms with Crippen molar-refractivity contribution < 1.29 is 9.59 Å². The van der Waals surface area contributed by atoms with Crippen molar-refractivity contribution in [1.82, 2.24) is 19.8 Å². The normalized spacial score (nSPS) is 13.9. The summed E-state index contributed by atoms with van der Waals surface area (Å²) in [5.41, 5.74) is 1.37. The van der Waals surface area contributed by atoms with Gasteiger partial charge in [-0.05, 0) is 12.1 Å². The molecule has 1 aromatic heterocycles. The van der Waals surface area contributed by atoms with Gasteiger partial charge in [0.1, 0.15) is 23.9 Å². The summed E-state index contributed by atoms with van der Waals surface area (Å²) in [4.78, 5) is 34.8. The van der Waals surface area contributed by atoms with Gasteiger partial charge in [-0.3, -0.25) is 9.59 Å². The molecular weight excluding hydrogens is 320 g/mol. The average molecular weight is 336 g/mol. The van der Waals surface area contributed by atoms with E-state index >= 15 is 0 Å². The molecular formula is C17H16N6O2. The molecule has 8 nitrogen and oxygen atoms in total. The summed E-state index contributed by atoms with van der Waals surface area (Å²) in [6.45, 7) is 1.98. The molecule has 8 heteroatoms. The highest BCUT2D eigenvalue weighted by Gasteiger charge is 2.22. The van der Waals surface area contributed by atoms with Crippen LogP contribution in [0.3, 0.4) is 0 Å². The summed E-state index contributed by atoms with van der Waals surface area (Å²) in [5.74, 6) is 0.233. The first-order valence-corrected chi connectivity index (χ1v) is 7.78. The highest BCUT2D eigenvalue weighted by Crippen LogP contribution is 2.19. The molecule has 0 atom stereocenters. The van der Waals surface area contributed by atoms with Gasteiger partial charge in [0.25, 0.3) is 5.91 Å². The molecule has 1 fully saturated rings. The number of nitriles is 1. The number of anilines is 2. The van der Waals surface area contributed by atoms with E-state index in [2.05, 4.69) is 21.4 Å². The molecule has 3 rings (SSSR count). The second kappa shape index (κ2) is 7.40. The van der Waals surface area contributed by atoms with Gasteiger partial charge >= 0.3 is 0 Å². The van der Waals surface area contributed by atoms with Gasteiger partial charge in [0.2, 0.25) is 6.41 Å². The number of aromatic nitrogens is 2. The van der Waals surface area contributed by atoms with Crippen molar-refractivity contribution in [3.63, 3.8) is 0 Å². The molecule has 126 valence electrons. The minimum atomic E-state index is -0.204. The van der Waals surface area contributed by atoms with Crippen molar-refractivity contribution in [1.29, 1.82) is 5.26 Å². The van der Waals surface area contributed by atoms with Crippen molar-refractivity contribution in [3.8, 4) is 6.07 Å². The summed E-state index contributed by atoms with van der Waals surface area (Å²) in [6, 6.07) is 10.7. The molecule has 0 aliphatic carbocycles. The van der Waals surface area contributed by atoms with Crippen LogP contribution in [-0.4, -0.2) is 58.3 Å². The SMILES string of the molecule is N#Cc1ccccc1Nc1cc(C(=O)N2CCN(C=O)CC2)ncn1. The van der Waals surface area contributed by atoms with Crippen molar-refractivity contribution in [2.45, 2.75) is 0 Å². The van der Waals surface area contributed by atoms with Gasteiger partial charge in [-0.15, -0.1) is 0 Å². The van der Waals surface area contributed by atoms with E-state index < -0.39 is 0 Å². The molecule has 2 amide bonds. The smallest absolute Gasteiger partial charge is 0.272 e. The Morgan fingerprint density at radius 2 is 1.96 bits per heavy atom. The van der Waals surface area contributed by atoms with Crippen LogP contribution in [-0.2, 0) is 4.79 Å². The van der Waals surface area contributed by atoms with Crippen LogP contribution in [0.25, 0.3) is 0 Å². The van der Waals surface area contributed by atoms with Gasteiger partial charge in [-0.25, -0.2) is 9.97 Å². The number of hydrogen-bond acceptors (Lipinski definition) is 6. The Morgan fingerprint density at radius 3 is 2.68 bits per heavy atom. The zero-order valence-electron chi connectivity index (χ0n) is 13.4. The number of benzene rings is 1. The predicted molar refractivity (Wildman–Crippen MR) is 90.0 cm³/mol. The number of carbonyl (C=O) groups is 2. The number of rotatable bonds is 4. The average Bonchev–Trinajstić information content (AvgIpc) is 2.68. The zero-order chi connectivity index (χ0) is 17.6. The molecule has 1 N–H and O–H groups in total. The van der Waals surface area contributed by atoms with Crippen molar-refractivity contribution in [2.75, 3.05) is 31.5 Å². The third-order valence-electron chi connectivity index (χ3n) is 3.95. The summed E-state index contributed by atoms with van der Waals surface area (Å²) >= 11 is 0. The quantitative estimate of drug-likeness (QED) is 0.836. The maximum Gasteiger partial charge on any atom is 0.272 e. The maximum absolute atomic E-state index is 12.6. The Hall–Kier alpha value is -3.47. The monoisotopic (exact) mass is 336 g/mol. The van der Waals surface area contributed by atoms with Crippen LogP contribution in [0.2, 0.25) is 0 Å². The van der Waals surface area contributed by atoms with Crippen LogP contribution in [0.5, 0.6) is 0 Å². The Kier molecular flexibility index (Phi) is 4.85. The van der Waals surface area contributed by atoms with E-state index in [9.17, 15) is 9.59 Å². The van der Waals surface area contributed by atoms with Crippen LogP contribution in [0, 0.1) is 11.3 Å². The molecule has 0 unspecified atom stereocenters. The summed E-state index contributed by atoms with van der Waals surface area (Å²) in [7, 11) is 0. The second-order valence-corrected chi connectivity index (χ2v) is 5.50. The lowest BCUT2D eigenvalue weighted by Gasteiger charge is -2.32. The molecule has 0 radical (unpaired) electrons. The van der Waals surface area contributed by atoms with Crippen LogP contribution < -0.4 is 5.32 Å². The molecule has 1 aromatic carbocycles. The molecule has 2 heterocycles. The standard InChI is InChI=1S/C17H16N6O2/c18-10-13-3-1-2-4-14(13)21-16-9-15(19-11-20-16)17(25)23-7-5-22(12-24)6-8-23/h1-4,9,11-12H,5-8H2,(H,19,20,21). The number of nitrogens with zero attached hydrogens (tertiary/aromatic N) is 5. The molecule has 1 aliphatic heterocycles. The predicted octanol–water partition coefficient (Wildman–Crippen LogP) is 1.01. The number of amides is 2. The summed E-state index contributed by atoms with van der Waals surface area (Å²) < 4.78 is 0. The van der Waals surface area contributed by atoms with Crippen LogP contribution in [0.15, 0.2) is 36.7 Å². The molecule has 0 saturated carbocycles. The third kappa shape index (κ3) is 3.72. The fraction of sp³-hybridized carbons (Fsp3) is 0.235. The van der Waals surface area contributed by atoms with Crippen molar-refractivity contribution in [2.24, 2.45) is 0 Å². The van der Waals surface area contributed by atoms with E-state index in [0.29, 0.717) is 43.2 Å². The number of carbonyl (C=O) groups excluding carboxylic acids is 2. The first-order valence-electron chi connectivity index (χ1n) is 7.78. The fourth-order valence-electron chi connectivity index (χ4n) is 2.56. The van der Waals surface area contributed by atoms with Crippen molar-refractivity contribution >= 4 is 23.8 Å². The van der Waals surface area contributed by atoms with Crippen LogP contribution >= 0.6 is 0 Å². The zero-order valence-corrected chi connectivity index (χ0v) is 13.4. The van der Waals surface area contributed by atoms with E-state index in [1.165, 1.54) is 6.33 Å². The van der Waals surface area contributed by atoms with Gasteiger partial charge in [0.05, 0.1) is 11.3 Å². The van der Waals surface area contributed by atoms with Gasteiger partial charge in [0.15, 0.2) is 0 Å². The Balaban J connectivity index is 1.74. The van der Waals surface area contributed by atoms with Gasteiger partial charge < -0.3 is 15.1 Å². The number of nitrogens with one attached hydrogen (secondary N) is 1. The number of piperazine rings is 1. The minimum Gasteiger partial charge on any atom is -0.342 e. The topological polar surface area (TPSA) is 102 Å². The maximum atomic E-state index is 12.6. The van der Waals surface area contributed by atoms with E-state index in [1.807, 2.05) is 6.07 Å².